The number of carbonyl (C=O) groups excluding carboxylic acids is 1. The third-order valence-electron chi connectivity index (χ3n) is 3.89. The van der Waals surface area contributed by atoms with Crippen molar-refractivity contribution in [3.63, 3.8) is 0 Å². The van der Waals surface area contributed by atoms with Gasteiger partial charge in [0.1, 0.15) is 0 Å². The van der Waals surface area contributed by atoms with E-state index in [-0.39, 0.29) is 11.9 Å². The van der Waals surface area contributed by atoms with Crippen molar-refractivity contribution >= 4 is 38.8 Å². The molecule has 126 valence electrons. The van der Waals surface area contributed by atoms with Crippen molar-refractivity contribution in [1.82, 2.24) is 15.2 Å². The summed E-state index contributed by atoms with van der Waals surface area (Å²) >= 11 is 3.39. The molecule has 1 atom stereocenters. The quantitative estimate of drug-likeness (QED) is 0.699. The maximum atomic E-state index is 12.2. The molecule has 6 heteroatoms. The zero-order chi connectivity index (χ0) is 16.9. The highest BCUT2D eigenvalue weighted by molar-refractivity contribution is 7.18. The van der Waals surface area contributed by atoms with E-state index in [0.29, 0.717) is 19.4 Å². The lowest BCUT2D eigenvalue weighted by Crippen LogP contribution is -2.34. The van der Waals surface area contributed by atoms with E-state index in [4.69, 9.17) is 0 Å². The van der Waals surface area contributed by atoms with Crippen LogP contribution in [0.2, 0.25) is 0 Å². The van der Waals surface area contributed by atoms with Crippen LogP contribution in [0.4, 0.5) is 0 Å². The van der Waals surface area contributed by atoms with Crippen molar-refractivity contribution in [2.24, 2.45) is 0 Å². The Hall–Kier alpha value is -1.76. The number of hydrogen-bond acceptors (Lipinski definition) is 5. The molecule has 0 bridgehead atoms. The largest absolute Gasteiger partial charge is 0.354 e. The van der Waals surface area contributed by atoms with E-state index in [1.165, 1.54) is 9.58 Å². The highest BCUT2D eigenvalue weighted by atomic mass is 32.1. The van der Waals surface area contributed by atoms with Gasteiger partial charge in [-0.25, -0.2) is 4.98 Å². The van der Waals surface area contributed by atoms with Gasteiger partial charge in [0, 0.05) is 24.3 Å². The molecule has 0 aliphatic rings. The van der Waals surface area contributed by atoms with E-state index in [0.717, 1.165) is 10.5 Å². The van der Waals surface area contributed by atoms with Gasteiger partial charge in [-0.3, -0.25) is 4.79 Å². The molecule has 0 saturated carbocycles. The molecule has 2 aromatic heterocycles. The first-order valence-corrected chi connectivity index (χ1v) is 9.64. The number of amides is 1. The average molecular weight is 360 g/mol. The summed E-state index contributed by atoms with van der Waals surface area (Å²) in [5.74, 6) is 0.0812. The number of aromatic nitrogens is 1. The molecule has 0 spiro atoms. The number of aryl methyl sites for hydroxylation is 1. The topological polar surface area (TPSA) is 45.2 Å². The van der Waals surface area contributed by atoms with Crippen molar-refractivity contribution < 1.29 is 4.79 Å². The maximum absolute atomic E-state index is 12.2. The van der Waals surface area contributed by atoms with Gasteiger partial charge >= 0.3 is 0 Å². The Balaban J connectivity index is 1.51. The third kappa shape index (κ3) is 4.20. The fourth-order valence-corrected chi connectivity index (χ4v) is 4.45. The normalized spacial score (nSPS) is 12.6. The van der Waals surface area contributed by atoms with Gasteiger partial charge in [0.2, 0.25) is 5.91 Å². The van der Waals surface area contributed by atoms with Crippen molar-refractivity contribution in [1.29, 1.82) is 0 Å². The molecule has 0 saturated heterocycles. The number of nitrogens with zero attached hydrogens (tertiary/aromatic N) is 2. The lowest BCUT2D eigenvalue weighted by molar-refractivity contribution is -0.121. The predicted molar refractivity (Wildman–Crippen MR) is 102 cm³/mol. The van der Waals surface area contributed by atoms with Crippen LogP contribution in [-0.2, 0) is 11.2 Å². The second-order valence-electron chi connectivity index (χ2n) is 5.87. The van der Waals surface area contributed by atoms with Crippen LogP contribution in [0.15, 0.2) is 41.8 Å². The van der Waals surface area contributed by atoms with Crippen molar-refractivity contribution in [2.45, 2.75) is 18.9 Å². The van der Waals surface area contributed by atoms with E-state index in [1.54, 1.807) is 22.7 Å². The first-order valence-electron chi connectivity index (χ1n) is 7.94. The Morgan fingerprint density at radius 1 is 1.25 bits per heavy atom. The molecule has 0 radical (unpaired) electrons. The zero-order valence-electron chi connectivity index (χ0n) is 13.9. The number of para-hydroxylation sites is 1. The number of fused-ring (bicyclic) bond motifs is 1. The second kappa shape index (κ2) is 7.88. The minimum absolute atomic E-state index is 0.0812. The van der Waals surface area contributed by atoms with Crippen LogP contribution in [0, 0.1) is 0 Å². The van der Waals surface area contributed by atoms with Crippen LogP contribution in [-0.4, -0.2) is 36.4 Å². The van der Waals surface area contributed by atoms with E-state index in [2.05, 4.69) is 32.7 Å². The summed E-state index contributed by atoms with van der Waals surface area (Å²) in [6, 6.07) is 12.5. The van der Waals surface area contributed by atoms with E-state index < -0.39 is 0 Å². The average Bonchev–Trinajstić information content (AvgIpc) is 3.22. The Bertz CT molecular complexity index is 763. The summed E-state index contributed by atoms with van der Waals surface area (Å²) in [5, 5.41) is 6.15. The highest BCUT2D eigenvalue weighted by Crippen LogP contribution is 2.23. The highest BCUT2D eigenvalue weighted by Gasteiger charge is 2.16. The summed E-state index contributed by atoms with van der Waals surface area (Å²) in [6.45, 7) is 0.631. The standard InChI is InChI=1S/C18H21N3OS2/c1-21(2)14(16-8-5-11-23-16)12-19-17(22)9-10-18-20-13-6-3-4-7-15(13)24-18/h3-8,11,14H,9-10,12H2,1-2H3,(H,19,22). The molecule has 1 amide bonds. The molecule has 0 aliphatic carbocycles. The summed E-state index contributed by atoms with van der Waals surface area (Å²) in [6.07, 6.45) is 1.17. The summed E-state index contributed by atoms with van der Waals surface area (Å²) in [7, 11) is 4.08. The van der Waals surface area contributed by atoms with Crippen LogP contribution in [0.1, 0.15) is 22.3 Å². The molecular formula is C18H21N3OS2. The number of thiophene rings is 1. The van der Waals surface area contributed by atoms with Gasteiger partial charge < -0.3 is 10.2 Å². The monoisotopic (exact) mass is 359 g/mol. The fourth-order valence-electron chi connectivity index (χ4n) is 2.56. The molecule has 2 heterocycles. The molecule has 3 rings (SSSR count). The van der Waals surface area contributed by atoms with Crippen molar-refractivity contribution in [3.8, 4) is 0 Å². The van der Waals surface area contributed by atoms with Crippen molar-refractivity contribution in [2.75, 3.05) is 20.6 Å². The molecule has 0 fully saturated rings. The molecule has 1 unspecified atom stereocenters. The molecule has 24 heavy (non-hydrogen) atoms. The first-order chi connectivity index (χ1) is 11.6. The van der Waals surface area contributed by atoms with E-state index >= 15 is 0 Å². The Morgan fingerprint density at radius 3 is 2.79 bits per heavy atom. The first kappa shape index (κ1) is 17.1. The molecule has 4 nitrogen and oxygen atoms in total. The zero-order valence-corrected chi connectivity index (χ0v) is 15.5. The molecule has 1 aromatic carbocycles. The molecule has 0 aliphatic heterocycles. The third-order valence-corrected chi connectivity index (χ3v) is 5.96. The van der Waals surface area contributed by atoms with Crippen LogP contribution in [0.25, 0.3) is 10.2 Å². The van der Waals surface area contributed by atoms with Gasteiger partial charge in [0.15, 0.2) is 0 Å². The van der Waals surface area contributed by atoms with Gasteiger partial charge in [0.25, 0.3) is 0 Å². The second-order valence-corrected chi connectivity index (χ2v) is 7.97. The Labute approximate surface area is 150 Å². The fraction of sp³-hybridized carbons (Fsp3) is 0.333. The lowest BCUT2D eigenvalue weighted by atomic mass is 10.2. The van der Waals surface area contributed by atoms with Gasteiger partial charge in [-0.1, -0.05) is 18.2 Å². The van der Waals surface area contributed by atoms with Crippen LogP contribution in [0.3, 0.4) is 0 Å². The van der Waals surface area contributed by atoms with Crippen molar-refractivity contribution in [3.05, 3.63) is 51.7 Å². The van der Waals surface area contributed by atoms with Crippen LogP contribution >= 0.6 is 22.7 Å². The van der Waals surface area contributed by atoms with Gasteiger partial charge in [0.05, 0.1) is 21.3 Å². The van der Waals surface area contributed by atoms with Crippen LogP contribution < -0.4 is 5.32 Å². The van der Waals surface area contributed by atoms with E-state index in [9.17, 15) is 4.79 Å². The SMILES string of the molecule is CN(C)C(CNC(=O)CCc1nc2ccccc2s1)c1cccs1. The number of benzene rings is 1. The maximum Gasteiger partial charge on any atom is 0.220 e. The van der Waals surface area contributed by atoms with Gasteiger partial charge in [-0.15, -0.1) is 22.7 Å². The Morgan fingerprint density at radius 2 is 2.08 bits per heavy atom. The lowest BCUT2D eigenvalue weighted by Gasteiger charge is -2.23. The smallest absolute Gasteiger partial charge is 0.220 e. The summed E-state index contributed by atoms with van der Waals surface area (Å²) < 4.78 is 1.18. The number of rotatable bonds is 7. The summed E-state index contributed by atoms with van der Waals surface area (Å²) in [5.41, 5.74) is 1.02. The number of likely N-dealkylation sites (N-methyl/N-ethyl adjacent to an activating group) is 1. The van der Waals surface area contributed by atoms with E-state index in [1.807, 2.05) is 38.4 Å². The van der Waals surface area contributed by atoms with Crippen LogP contribution in [0.5, 0.6) is 0 Å². The van der Waals surface area contributed by atoms with Gasteiger partial charge in [-0.2, -0.15) is 0 Å². The molecule has 3 aromatic rings. The molecule has 1 N–H and O–H groups in total. The number of carbonyl (C=O) groups is 1. The molecular weight excluding hydrogens is 338 g/mol. The predicted octanol–water partition coefficient (Wildman–Crippen LogP) is 3.71. The number of thiazole rings is 1. The number of hydrogen-bond donors (Lipinski definition) is 1. The summed E-state index contributed by atoms with van der Waals surface area (Å²) in [4.78, 5) is 20.2. The minimum Gasteiger partial charge on any atom is -0.354 e. The minimum atomic E-state index is 0.0812. The number of nitrogens with one attached hydrogen (secondary N) is 1. The Kier molecular flexibility index (Phi) is 5.60. The van der Waals surface area contributed by atoms with Gasteiger partial charge in [-0.05, 0) is 37.7 Å².